The van der Waals surface area contributed by atoms with Gasteiger partial charge < -0.3 is 14.4 Å². The van der Waals surface area contributed by atoms with Crippen molar-refractivity contribution in [3.05, 3.63) is 76.2 Å². The molecule has 6 nitrogen and oxygen atoms in total. The molecule has 0 spiro atoms. The predicted molar refractivity (Wildman–Crippen MR) is 143 cm³/mol. The normalized spacial score (nSPS) is 13.8. The highest BCUT2D eigenvalue weighted by Gasteiger charge is 2.26. The Bertz CT molecular complexity index is 1210. The van der Waals surface area contributed by atoms with Crippen LogP contribution in [0.15, 0.2) is 48.9 Å². The van der Waals surface area contributed by atoms with E-state index in [1.54, 1.807) is 6.33 Å². The molecule has 7 heteroatoms. The third-order valence-electron chi connectivity index (χ3n) is 6.73. The van der Waals surface area contributed by atoms with Gasteiger partial charge >= 0.3 is 0 Å². The Morgan fingerprint density at radius 3 is 2.50 bits per heavy atom. The van der Waals surface area contributed by atoms with E-state index in [4.69, 9.17) is 21.1 Å². The third kappa shape index (κ3) is 5.74. The Hall–Kier alpha value is -3.30. The summed E-state index contributed by atoms with van der Waals surface area (Å²) in [4.78, 5) is 11.1. The topological polar surface area (TPSA) is 71.3 Å². The summed E-state index contributed by atoms with van der Waals surface area (Å²) >= 11 is 6.53. The molecule has 0 radical (unpaired) electrons. The maximum absolute atomic E-state index is 9.68. The highest BCUT2D eigenvalue weighted by atomic mass is 35.5. The standard InChI is InChI=1S/C29H33ClN4O2/c1-4-14-35-27-21(17-31)15-24(16-26(27)30)29(2,3)23-8-10-25(11-9-23)36-19-22-18-32-20-33-28(22)34-12-6-5-7-13-34/h8-11,15-16,18,20H,4-7,12-14,19H2,1-3H3. The lowest BCUT2D eigenvalue weighted by Crippen LogP contribution is -2.31. The quantitative estimate of drug-likeness (QED) is 0.323. The van der Waals surface area contributed by atoms with Gasteiger partial charge in [0.25, 0.3) is 0 Å². The van der Waals surface area contributed by atoms with Gasteiger partial charge in [0.15, 0.2) is 5.75 Å². The number of hydrogen-bond donors (Lipinski definition) is 0. The highest BCUT2D eigenvalue weighted by Crippen LogP contribution is 2.38. The van der Waals surface area contributed by atoms with E-state index >= 15 is 0 Å². The second kappa shape index (κ2) is 11.6. The van der Waals surface area contributed by atoms with Crippen LogP contribution in [0.1, 0.15) is 68.7 Å². The lowest BCUT2D eigenvalue weighted by Gasteiger charge is -2.29. The van der Waals surface area contributed by atoms with Crippen molar-refractivity contribution in [1.29, 1.82) is 5.26 Å². The van der Waals surface area contributed by atoms with Crippen molar-refractivity contribution in [2.75, 3.05) is 24.6 Å². The van der Waals surface area contributed by atoms with Crippen molar-refractivity contribution >= 4 is 17.4 Å². The molecule has 3 aromatic rings. The van der Waals surface area contributed by atoms with E-state index in [9.17, 15) is 5.26 Å². The summed E-state index contributed by atoms with van der Waals surface area (Å²) in [5.41, 5.74) is 3.12. The fourth-order valence-corrected chi connectivity index (χ4v) is 4.80. The molecule has 1 aromatic heterocycles. The maximum Gasteiger partial charge on any atom is 0.155 e. The first kappa shape index (κ1) is 25.8. The average molecular weight is 505 g/mol. The lowest BCUT2D eigenvalue weighted by atomic mass is 9.77. The molecule has 1 saturated heterocycles. The van der Waals surface area contributed by atoms with E-state index in [2.05, 4.69) is 46.9 Å². The number of hydrogen-bond acceptors (Lipinski definition) is 6. The van der Waals surface area contributed by atoms with Gasteiger partial charge in [0.1, 0.15) is 30.6 Å². The van der Waals surface area contributed by atoms with Crippen molar-refractivity contribution in [2.45, 2.75) is 58.5 Å². The van der Waals surface area contributed by atoms with Crippen molar-refractivity contribution in [2.24, 2.45) is 0 Å². The zero-order valence-corrected chi connectivity index (χ0v) is 22.0. The second-order valence-corrected chi connectivity index (χ2v) is 10.1. The summed E-state index contributed by atoms with van der Waals surface area (Å²) < 4.78 is 11.8. The van der Waals surface area contributed by atoms with Crippen LogP contribution in [-0.4, -0.2) is 29.7 Å². The Morgan fingerprint density at radius 2 is 1.81 bits per heavy atom. The van der Waals surface area contributed by atoms with E-state index in [0.717, 1.165) is 47.8 Å². The van der Waals surface area contributed by atoms with E-state index < -0.39 is 0 Å². The summed E-state index contributed by atoms with van der Waals surface area (Å²) in [5, 5.41) is 10.1. The molecule has 1 aliphatic rings. The molecule has 1 fully saturated rings. The molecule has 1 aliphatic heterocycles. The first-order chi connectivity index (χ1) is 17.4. The summed E-state index contributed by atoms with van der Waals surface area (Å²) in [5.74, 6) is 2.21. The minimum absolute atomic E-state index is 0.369. The molecule has 0 unspecified atom stereocenters. The van der Waals surface area contributed by atoms with Gasteiger partial charge in [-0.2, -0.15) is 5.26 Å². The van der Waals surface area contributed by atoms with Gasteiger partial charge in [0.2, 0.25) is 0 Å². The molecule has 2 aromatic carbocycles. The minimum Gasteiger partial charge on any atom is -0.491 e. The van der Waals surface area contributed by atoms with Crippen molar-refractivity contribution in [3.8, 4) is 17.6 Å². The number of rotatable bonds is 9. The number of ether oxygens (including phenoxy) is 2. The first-order valence-corrected chi connectivity index (χ1v) is 13.0. The molecule has 188 valence electrons. The number of halogens is 1. The number of nitrogens with zero attached hydrogens (tertiary/aromatic N) is 4. The number of aromatic nitrogens is 2. The fraction of sp³-hybridized carbons (Fsp3) is 0.414. The van der Waals surface area contributed by atoms with E-state index in [-0.39, 0.29) is 5.41 Å². The van der Waals surface area contributed by atoms with Gasteiger partial charge in [-0.05, 0) is 61.1 Å². The van der Waals surface area contributed by atoms with Gasteiger partial charge in [0, 0.05) is 24.7 Å². The molecule has 0 saturated carbocycles. The second-order valence-electron chi connectivity index (χ2n) is 9.65. The molecule has 0 amide bonds. The van der Waals surface area contributed by atoms with Crippen LogP contribution < -0.4 is 14.4 Å². The van der Waals surface area contributed by atoms with Crippen LogP contribution in [0.25, 0.3) is 0 Å². The molecular formula is C29H33ClN4O2. The van der Waals surface area contributed by atoms with E-state index in [0.29, 0.717) is 29.5 Å². The monoisotopic (exact) mass is 504 g/mol. The first-order valence-electron chi connectivity index (χ1n) is 12.6. The largest absolute Gasteiger partial charge is 0.491 e. The van der Waals surface area contributed by atoms with E-state index in [1.807, 2.05) is 37.4 Å². The summed E-state index contributed by atoms with van der Waals surface area (Å²) in [6.07, 6.45) is 7.96. The van der Waals surface area contributed by atoms with Crippen LogP contribution in [0.5, 0.6) is 11.5 Å². The zero-order valence-electron chi connectivity index (χ0n) is 21.3. The number of anilines is 1. The zero-order chi connectivity index (χ0) is 25.5. The maximum atomic E-state index is 9.68. The Labute approximate surface area is 218 Å². The highest BCUT2D eigenvalue weighted by molar-refractivity contribution is 6.32. The van der Waals surface area contributed by atoms with Gasteiger partial charge in [0.05, 0.1) is 22.8 Å². The van der Waals surface area contributed by atoms with Gasteiger partial charge in [-0.1, -0.05) is 44.5 Å². The molecular weight excluding hydrogens is 472 g/mol. The summed E-state index contributed by atoms with van der Waals surface area (Å²) in [7, 11) is 0. The number of nitriles is 1. The minimum atomic E-state index is -0.369. The molecule has 2 heterocycles. The molecule has 0 atom stereocenters. The van der Waals surface area contributed by atoms with Crippen molar-refractivity contribution in [1.82, 2.24) is 9.97 Å². The van der Waals surface area contributed by atoms with Gasteiger partial charge in [-0.15, -0.1) is 0 Å². The van der Waals surface area contributed by atoms with Crippen LogP contribution in [-0.2, 0) is 12.0 Å². The Kier molecular flexibility index (Phi) is 8.32. The Balaban J connectivity index is 1.49. The van der Waals surface area contributed by atoms with Crippen molar-refractivity contribution in [3.63, 3.8) is 0 Å². The van der Waals surface area contributed by atoms with Crippen LogP contribution in [0, 0.1) is 11.3 Å². The number of piperidine rings is 1. The average Bonchev–Trinajstić information content (AvgIpc) is 2.91. The SMILES string of the molecule is CCCOc1c(Cl)cc(C(C)(C)c2ccc(OCc3cncnc3N3CCCCC3)cc2)cc1C#N. The Morgan fingerprint density at radius 1 is 1.06 bits per heavy atom. The van der Waals surface area contributed by atoms with Crippen molar-refractivity contribution < 1.29 is 9.47 Å². The molecule has 0 aliphatic carbocycles. The predicted octanol–water partition coefficient (Wildman–Crippen LogP) is 6.69. The third-order valence-corrected chi connectivity index (χ3v) is 7.01. The molecule has 4 rings (SSSR count). The van der Waals surface area contributed by atoms with Crippen LogP contribution in [0.4, 0.5) is 5.82 Å². The summed E-state index contributed by atoms with van der Waals surface area (Å²) in [6.45, 7) is 9.24. The van der Waals surface area contributed by atoms with Crippen LogP contribution in [0.2, 0.25) is 5.02 Å². The van der Waals surface area contributed by atoms with E-state index in [1.165, 1.54) is 19.3 Å². The molecule has 0 N–H and O–H groups in total. The summed E-state index contributed by atoms with van der Waals surface area (Å²) in [6, 6.07) is 14.1. The fourth-order valence-electron chi connectivity index (χ4n) is 4.53. The van der Waals surface area contributed by atoms with Gasteiger partial charge in [-0.25, -0.2) is 9.97 Å². The number of benzene rings is 2. The lowest BCUT2D eigenvalue weighted by molar-refractivity contribution is 0.305. The van der Waals surface area contributed by atoms with Crippen LogP contribution in [0.3, 0.4) is 0 Å². The molecule has 0 bridgehead atoms. The van der Waals surface area contributed by atoms with Crippen LogP contribution >= 0.6 is 11.6 Å². The smallest absolute Gasteiger partial charge is 0.155 e. The molecule has 36 heavy (non-hydrogen) atoms. The van der Waals surface area contributed by atoms with Gasteiger partial charge in [-0.3, -0.25) is 0 Å².